The van der Waals surface area contributed by atoms with E-state index in [4.69, 9.17) is 11.0 Å². The average Bonchev–Trinajstić information content (AvgIpc) is 2.71. The van der Waals surface area contributed by atoms with Crippen molar-refractivity contribution in [2.45, 2.75) is 45.2 Å². The van der Waals surface area contributed by atoms with Crippen molar-refractivity contribution in [1.29, 1.82) is 5.26 Å². The van der Waals surface area contributed by atoms with E-state index < -0.39 is 0 Å². The van der Waals surface area contributed by atoms with Gasteiger partial charge in [-0.05, 0) is 44.4 Å². The summed E-state index contributed by atoms with van der Waals surface area (Å²) in [7, 11) is 0. The first-order valence-electron chi connectivity index (χ1n) is 6.25. The Kier molecular flexibility index (Phi) is 3.23. The molecule has 1 saturated heterocycles. The second kappa shape index (κ2) is 4.67. The molecule has 0 radical (unpaired) electrons. The molecule has 2 rings (SSSR count). The Balaban J connectivity index is 2.41. The van der Waals surface area contributed by atoms with Crippen LogP contribution in [0.5, 0.6) is 0 Å². The zero-order chi connectivity index (χ0) is 12.4. The van der Waals surface area contributed by atoms with Crippen molar-refractivity contribution in [3.05, 3.63) is 23.8 Å². The highest BCUT2D eigenvalue weighted by molar-refractivity contribution is 5.71. The van der Waals surface area contributed by atoms with Crippen molar-refractivity contribution in [3.8, 4) is 6.07 Å². The fourth-order valence-electron chi connectivity index (χ4n) is 2.74. The second-order valence-electron chi connectivity index (χ2n) is 4.78. The number of benzene rings is 1. The average molecular weight is 229 g/mol. The molecule has 0 spiro atoms. The quantitative estimate of drug-likeness (QED) is 0.793. The zero-order valence-electron chi connectivity index (χ0n) is 10.5. The van der Waals surface area contributed by atoms with Crippen LogP contribution >= 0.6 is 0 Å². The number of hydrogen-bond donors (Lipinski definition) is 1. The molecule has 1 aromatic carbocycles. The summed E-state index contributed by atoms with van der Waals surface area (Å²) in [6.07, 6.45) is 3.54. The molecule has 0 amide bonds. The van der Waals surface area contributed by atoms with Crippen LogP contribution < -0.4 is 10.6 Å². The van der Waals surface area contributed by atoms with Gasteiger partial charge < -0.3 is 10.6 Å². The summed E-state index contributed by atoms with van der Waals surface area (Å²) in [6, 6.07) is 8.78. The van der Waals surface area contributed by atoms with Gasteiger partial charge in [0.15, 0.2) is 0 Å². The molecule has 2 atom stereocenters. The van der Waals surface area contributed by atoms with Crippen LogP contribution in [-0.4, -0.2) is 12.1 Å². The van der Waals surface area contributed by atoms with Gasteiger partial charge in [-0.15, -0.1) is 0 Å². The highest BCUT2D eigenvalue weighted by atomic mass is 15.2. The molecule has 1 fully saturated rings. The van der Waals surface area contributed by atoms with Crippen molar-refractivity contribution in [2.75, 3.05) is 10.6 Å². The van der Waals surface area contributed by atoms with Gasteiger partial charge in [0.1, 0.15) is 0 Å². The minimum atomic E-state index is 0.510. The Labute approximate surface area is 103 Å². The first kappa shape index (κ1) is 11.8. The van der Waals surface area contributed by atoms with Crippen molar-refractivity contribution in [2.24, 2.45) is 0 Å². The summed E-state index contributed by atoms with van der Waals surface area (Å²) >= 11 is 0. The number of rotatable bonds is 2. The van der Waals surface area contributed by atoms with E-state index in [-0.39, 0.29) is 0 Å². The smallest absolute Gasteiger partial charge is 0.0992 e. The predicted molar refractivity (Wildman–Crippen MR) is 70.8 cm³/mol. The molecular formula is C14H19N3. The minimum Gasteiger partial charge on any atom is -0.397 e. The van der Waals surface area contributed by atoms with E-state index in [0.29, 0.717) is 17.6 Å². The van der Waals surface area contributed by atoms with Gasteiger partial charge >= 0.3 is 0 Å². The van der Waals surface area contributed by atoms with Gasteiger partial charge in [0.05, 0.1) is 23.0 Å². The fourth-order valence-corrected chi connectivity index (χ4v) is 2.74. The molecule has 0 saturated carbocycles. The standard InChI is InChI=1S/C14H19N3/c1-3-12-6-4-10(2)17(12)14-8-11(9-15)5-7-13(14)16/h5,7-8,10,12H,3-4,6,16H2,1-2H3. The van der Waals surface area contributed by atoms with E-state index in [1.165, 1.54) is 12.8 Å². The van der Waals surface area contributed by atoms with Crippen molar-refractivity contribution < 1.29 is 0 Å². The van der Waals surface area contributed by atoms with Crippen LogP contribution in [0.15, 0.2) is 18.2 Å². The van der Waals surface area contributed by atoms with Gasteiger partial charge in [0, 0.05) is 12.1 Å². The van der Waals surface area contributed by atoms with Crippen LogP contribution in [0.25, 0.3) is 0 Å². The second-order valence-corrected chi connectivity index (χ2v) is 4.78. The van der Waals surface area contributed by atoms with Crippen molar-refractivity contribution in [3.63, 3.8) is 0 Å². The van der Waals surface area contributed by atoms with Gasteiger partial charge in [0.2, 0.25) is 0 Å². The molecule has 0 aromatic heterocycles. The predicted octanol–water partition coefficient (Wildman–Crippen LogP) is 2.91. The molecular weight excluding hydrogens is 210 g/mol. The monoisotopic (exact) mass is 229 g/mol. The Hall–Kier alpha value is -1.69. The van der Waals surface area contributed by atoms with Crippen LogP contribution in [0.2, 0.25) is 0 Å². The number of nitriles is 1. The molecule has 17 heavy (non-hydrogen) atoms. The van der Waals surface area contributed by atoms with Gasteiger partial charge in [-0.3, -0.25) is 0 Å². The van der Waals surface area contributed by atoms with E-state index in [2.05, 4.69) is 24.8 Å². The lowest BCUT2D eigenvalue weighted by Crippen LogP contribution is -2.34. The normalized spacial score (nSPS) is 23.7. The lowest BCUT2D eigenvalue weighted by molar-refractivity contribution is 0.629. The number of hydrogen-bond acceptors (Lipinski definition) is 3. The molecule has 1 aromatic rings. The lowest BCUT2D eigenvalue weighted by atomic mass is 10.1. The summed E-state index contributed by atoms with van der Waals surface area (Å²) in [5.74, 6) is 0. The largest absolute Gasteiger partial charge is 0.397 e. The van der Waals surface area contributed by atoms with Crippen LogP contribution in [0.1, 0.15) is 38.7 Å². The highest BCUT2D eigenvalue weighted by Gasteiger charge is 2.30. The maximum atomic E-state index is 8.98. The van der Waals surface area contributed by atoms with E-state index in [1.54, 1.807) is 6.07 Å². The summed E-state index contributed by atoms with van der Waals surface area (Å²) < 4.78 is 0. The summed E-state index contributed by atoms with van der Waals surface area (Å²) in [6.45, 7) is 4.44. The third-order valence-corrected chi connectivity index (χ3v) is 3.69. The molecule has 2 unspecified atom stereocenters. The van der Waals surface area contributed by atoms with Crippen molar-refractivity contribution in [1.82, 2.24) is 0 Å². The van der Waals surface area contributed by atoms with Gasteiger partial charge in [-0.1, -0.05) is 6.92 Å². The molecule has 1 aliphatic rings. The topological polar surface area (TPSA) is 53.0 Å². The highest BCUT2D eigenvalue weighted by Crippen LogP contribution is 2.35. The van der Waals surface area contributed by atoms with Crippen LogP contribution in [0.3, 0.4) is 0 Å². The number of nitrogens with zero attached hydrogens (tertiary/aromatic N) is 2. The van der Waals surface area contributed by atoms with E-state index in [1.807, 2.05) is 12.1 Å². The van der Waals surface area contributed by atoms with E-state index in [0.717, 1.165) is 17.8 Å². The molecule has 3 heteroatoms. The maximum Gasteiger partial charge on any atom is 0.0992 e. The minimum absolute atomic E-state index is 0.510. The summed E-state index contributed by atoms with van der Waals surface area (Å²) in [5.41, 5.74) is 8.54. The lowest BCUT2D eigenvalue weighted by Gasteiger charge is -2.31. The summed E-state index contributed by atoms with van der Waals surface area (Å²) in [5, 5.41) is 8.98. The SMILES string of the molecule is CCC1CCC(C)N1c1cc(C#N)ccc1N. The molecule has 90 valence electrons. The van der Waals surface area contributed by atoms with Crippen molar-refractivity contribution >= 4 is 11.4 Å². The third-order valence-electron chi connectivity index (χ3n) is 3.69. The van der Waals surface area contributed by atoms with E-state index >= 15 is 0 Å². The molecule has 0 bridgehead atoms. The molecule has 1 heterocycles. The Morgan fingerprint density at radius 2 is 2.24 bits per heavy atom. The van der Waals surface area contributed by atoms with Crippen LogP contribution in [-0.2, 0) is 0 Å². The zero-order valence-corrected chi connectivity index (χ0v) is 10.5. The third kappa shape index (κ3) is 2.08. The van der Waals surface area contributed by atoms with Gasteiger partial charge in [-0.25, -0.2) is 0 Å². The van der Waals surface area contributed by atoms with Crippen LogP contribution in [0, 0.1) is 11.3 Å². The molecule has 2 N–H and O–H groups in total. The van der Waals surface area contributed by atoms with Gasteiger partial charge in [-0.2, -0.15) is 5.26 Å². The first-order chi connectivity index (χ1) is 8.17. The van der Waals surface area contributed by atoms with Gasteiger partial charge in [0.25, 0.3) is 0 Å². The fraction of sp³-hybridized carbons (Fsp3) is 0.500. The number of anilines is 2. The molecule has 1 aliphatic heterocycles. The number of nitrogen functional groups attached to an aromatic ring is 1. The summed E-state index contributed by atoms with van der Waals surface area (Å²) in [4.78, 5) is 2.39. The molecule has 3 nitrogen and oxygen atoms in total. The van der Waals surface area contributed by atoms with Crippen LogP contribution in [0.4, 0.5) is 11.4 Å². The Bertz CT molecular complexity index is 447. The maximum absolute atomic E-state index is 8.98. The number of nitrogens with two attached hydrogens (primary N) is 1. The molecule has 0 aliphatic carbocycles. The Morgan fingerprint density at radius 3 is 2.88 bits per heavy atom. The first-order valence-corrected chi connectivity index (χ1v) is 6.25. The van der Waals surface area contributed by atoms with E-state index in [9.17, 15) is 0 Å². The Morgan fingerprint density at radius 1 is 1.47 bits per heavy atom.